The molecule has 0 radical (unpaired) electrons. The molecule has 178 valence electrons. The van der Waals surface area contributed by atoms with Crippen LogP contribution in [-0.2, 0) is 9.53 Å². The normalized spacial score (nSPS) is 11.6. The molecule has 1 heterocycles. The molecule has 3 amide bonds. The largest absolute Gasteiger partial charge is 0.467 e. The first-order valence-corrected chi connectivity index (χ1v) is 11.6. The molecule has 0 saturated heterocycles. The Kier molecular flexibility index (Phi) is 8.01. The molecule has 1 unspecified atom stereocenters. The van der Waals surface area contributed by atoms with E-state index in [0.29, 0.717) is 5.69 Å². The second kappa shape index (κ2) is 10.9. The first-order valence-electron chi connectivity index (χ1n) is 10.8. The lowest BCUT2D eigenvalue weighted by atomic mass is 10.0. The van der Waals surface area contributed by atoms with Gasteiger partial charge in [-0.3, -0.25) is 4.79 Å². The third-order valence-corrected chi connectivity index (χ3v) is 6.35. The molecule has 1 atom stereocenters. The minimum Gasteiger partial charge on any atom is -0.467 e. The van der Waals surface area contributed by atoms with Crippen molar-refractivity contribution >= 4 is 40.6 Å². The number of esters is 1. The maximum absolute atomic E-state index is 12.6. The molecular formula is C25H28N4O4S. The summed E-state index contributed by atoms with van der Waals surface area (Å²) in [6.45, 7) is 7.66. The summed E-state index contributed by atoms with van der Waals surface area (Å²) in [5, 5.41) is 8.56. The Morgan fingerprint density at radius 2 is 1.59 bits per heavy atom. The summed E-state index contributed by atoms with van der Waals surface area (Å²) >= 11 is 1.22. The molecule has 0 aliphatic heterocycles. The van der Waals surface area contributed by atoms with Crippen LogP contribution in [0.4, 0.5) is 16.2 Å². The van der Waals surface area contributed by atoms with E-state index in [1.807, 2.05) is 58.0 Å². The zero-order chi connectivity index (χ0) is 24.8. The number of aromatic nitrogens is 1. The van der Waals surface area contributed by atoms with Crippen molar-refractivity contribution in [2.75, 3.05) is 17.7 Å². The standard InChI is InChI=1S/C25H28N4O4S/c1-14(2)21(24(31)33-5)29-22(30)23-26-13-20(34-23)17-7-10-18(11-8-17)27-25(32)28-19-9-6-15(3)16(4)12-19/h6-14,21H,1-5H3,(H,29,30)(H2,27,28,32). The second-order valence-electron chi connectivity index (χ2n) is 8.20. The van der Waals surface area contributed by atoms with Crippen molar-refractivity contribution in [1.29, 1.82) is 0 Å². The number of nitrogens with zero attached hydrogens (tertiary/aromatic N) is 1. The molecule has 34 heavy (non-hydrogen) atoms. The van der Waals surface area contributed by atoms with Crippen LogP contribution in [0.1, 0.15) is 34.8 Å². The highest BCUT2D eigenvalue weighted by atomic mass is 32.1. The summed E-state index contributed by atoms with van der Waals surface area (Å²) in [5.41, 5.74) is 4.47. The van der Waals surface area contributed by atoms with Gasteiger partial charge in [-0.2, -0.15) is 0 Å². The zero-order valence-electron chi connectivity index (χ0n) is 19.8. The maximum atomic E-state index is 12.6. The summed E-state index contributed by atoms with van der Waals surface area (Å²) < 4.78 is 4.76. The smallest absolute Gasteiger partial charge is 0.328 e. The monoisotopic (exact) mass is 480 g/mol. The third kappa shape index (κ3) is 6.20. The molecule has 0 aliphatic rings. The van der Waals surface area contributed by atoms with Crippen LogP contribution < -0.4 is 16.0 Å². The number of anilines is 2. The molecule has 3 N–H and O–H groups in total. The van der Waals surface area contributed by atoms with E-state index >= 15 is 0 Å². The van der Waals surface area contributed by atoms with Crippen molar-refractivity contribution in [2.45, 2.75) is 33.7 Å². The number of carbonyl (C=O) groups is 3. The van der Waals surface area contributed by atoms with Crippen molar-refractivity contribution < 1.29 is 19.1 Å². The van der Waals surface area contributed by atoms with Gasteiger partial charge in [0.15, 0.2) is 5.01 Å². The number of amides is 3. The molecule has 9 heteroatoms. The van der Waals surface area contributed by atoms with E-state index in [4.69, 9.17) is 4.74 Å². The van der Waals surface area contributed by atoms with Crippen LogP contribution >= 0.6 is 11.3 Å². The predicted octanol–water partition coefficient (Wildman–Crippen LogP) is 5.00. The highest BCUT2D eigenvalue weighted by molar-refractivity contribution is 7.17. The third-order valence-electron chi connectivity index (χ3n) is 5.30. The number of hydrogen-bond donors (Lipinski definition) is 3. The number of nitrogens with one attached hydrogen (secondary N) is 3. The first-order chi connectivity index (χ1) is 16.2. The minimum atomic E-state index is -0.745. The van der Waals surface area contributed by atoms with E-state index in [0.717, 1.165) is 27.3 Å². The van der Waals surface area contributed by atoms with Crippen molar-refractivity contribution in [3.63, 3.8) is 0 Å². The summed E-state index contributed by atoms with van der Waals surface area (Å²) in [6, 6.07) is 11.9. The lowest BCUT2D eigenvalue weighted by Crippen LogP contribution is -2.44. The number of urea groups is 1. The molecule has 2 aromatic carbocycles. The number of benzene rings is 2. The van der Waals surface area contributed by atoms with Crippen LogP contribution in [0.3, 0.4) is 0 Å². The zero-order valence-corrected chi connectivity index (χ0v) is 20.6. The van der Waals surface area contributed by atoms with E-state index in [9.17, 15) is 14.4 Å². The number of thiazole rings is 1. The quantitative estimate of drug-likeness (QED) is 0.412. The number of ether oxygens (including phenoxy) is 1. The summed E-state index contributed by atoms with van der Waals surface area (Å²) in [5.74, 6) is -1.05. The molecular weight excluding hydrogens is 452 g/mol. The van der Waals surface area contributed by atoms with Gasteiger partial charge in [0.1, 0.15) is 6.04 Å². The SMILES string of the molecule is COC(=O)C(NC(=O)c1ncc(-c2ccc(NC(=O)Nc3ccc(C)c(C)c3)cc2)s1)C(C)C. The Balaban J connectivity index is 1.62. The van der Waals surface area contributed by atoms with Gasteiger partial charge in [0, 0.05) is 17.6 Å². The lowest BCUT2D eigenvalue weighted by molar-refractivity contribution is -0.144. The van der Waals surface area contributed by atoms with Gasteiger partial charge >= 0.3 is 12.0 Å². The highest BCUT2D eigenvalue weighted by Crippen LogP contribution is 2.27. The molecule has 0 aliphatic carbocycles. The van der Waals surface area contributed by atoms with Crippen LogP contribution in [0.5, 0.6) is 0 Å². The van der Waals surface area contributed by atoms with Crippen LogP contribution in [0, 0.1) is 19.8 Å². The van der Waals surface area contributed by atoms with Crippen LogP contribution in [0.15, 0.2) is 48.7 Å². The fraction of sp³-hybridized carbons (Fsp3) is 0.280. The molecule has 0 bridgehead atoms. The molecule has 3 rings (SSSR count). The van der Waals surface area contributed by atoms with Gasteiger partial charge in [-0.05, 0) is 60.7 Å². The average Bonchev–Trinajstić information content (AvgIpc) is 3.30. The Bertz CT molecular complexity index is 1190. The van der Waals surface area contributed by atoms with Gasteiger partial charge < -0.3 is 20.7 Å². The Hall–Kier alpha value is -3.72. The number of methoxy groups -OCH3 is 1. The molecule has 0 saturated carbocycles. The van der Waals surface area contributed by atoms with Crippen molar-refractivity contribution in [3.8, 4) is 10.4 Å². The molecule has 8 nitrogen and oxygen atoms in total. The van der Waals surface area contributed by atoms with Crippen LogP contribution in [-0.4, -0.2) is 36.0 Å². The number of aryl methyl sites for hydroxylation is 2. The fourth-order valence-corrected chi connectivity index (χ4v) is 4.00. The Morgan fingerprint density at radius 1 is 0.941 bits per heavy atom. The van der Waals surface area contributed by atoms with E-state index < -0.39 is 17.9 Å². The molecule has 3 aromatic rings. The minimum absolute atomic E-state index is 0.122. The molecule has 0 fully saturated rings. The summed E-state index contributed by atoms with van der Waals surface area (Å²) in [6.07, 6.45) is 1.61. The predicted molar refractivity (Wildman–Crippen MR) is 134 cm³/mol. The Labute approximate surface area is 202 Å². The maximum Gasteiger partial charge on any atom is 0.328 e. The van der Waals surface area contributed by atoms with E-state index in [1.165, 1.54) is 18.4 Å². The summed E-state index contributed by atoms with van der Waals surface area (Å²) in [7, 11) is 1.29. The van der Waals surface area contributed by atoms with Gasteiger partial charge in [0.05, 0.1) is 12.0 Å². The average molecular weight is 481 g/mol. The fourth-order valence-electron chi connectivity index (χ4n) is 3.17. The van der Waals surface area contributed by atoms with Gasteiger partial charge in [0.2, 0.25) is 0 Å². The van der Waals surface area contributed by atoms with Crippen LogP contribution in [0.25, 0.3) is 10.4 Å². The van der Waals surface area contributed by atoms with Gasteiger partial charge in [-0.15, -0.1) is 11.3 Å². The summed E-state index contributed by atoms with van der Waals surface area (Å²) in [4.78, 5) is 41.8. The number of hydrogen-bond acceptors (Lipinski definition) is 6. The van der Waals surface area contributed by atoms with Crippen molar-refractivity contribution in [1.82, 2.24) is 10.3 Å². The van der Waals surface area contributed by atoms with Gasteiger partial charge in [-0.25, -0.2) is 14.6 Å². The highest BCUT2D eigenvalue weighted by Gasteiger charge is 2.26. The van der Waals surface area contributed by atoms with E-state index in [2.05, 4.69) is 20.9 Å². The van der Waals surface area contributed by atoms with Crippen molar-refractivity contribution in [2.24, 2.45) is 5.92 Å². The second-order valence-corrected chi connectivity index (χ2v) is 9.23. The topological polar surface area (TPSA) is 109 Å². The van der Waals surface area contributed by atoms with Crippen molar-refractivity contribution in [3.05, 3.63) is 64.8 Å². The Morgan fingerprint density at radius 3 is 2.21 bits per heavy atom. The number of rotatable bonds is 7. The lowest BCUT2D eigenvalue weighted by Gasteiger charge is -2.18. The van der Waals surface area contributed by atoms with Gasteiger partial charge in [-0.1, -0.05) is 32.0 Å². The molecule has 1 aromatic heterocycles. The van der Waals surface area contributed by atoms with E-state index in [-0.39, 0.29) is 17.0 Å². The molecule has 0 spiro atoms. The van der Waals surface area contributed by atoms with Crippen LogP contribution in [0.2, 0.25) is 0 Å². The first kappa shape index (κ1) is 24.9. The van der Waals surface area contributed by atoms with Gasteiger partial charge in [0.25, 0.3) is 5.91 Å². The number of carbonyl (C=O) groups excluding carboxylic acids is 3. The van der Waals surface area contributed by atoms with E-state index in [1.54, 1.807) is 18.3 Å².